The first-order valence-corrected chi connectivity index (χ1v) is 6.88. The lowest BCUT2D eigenvalue weighted by Crippen LogP contribution is -1.98. The van der Waals surface area contributed by atoms with Gasteiger partial charge in [-0.25, -0.2) is 0 Å². The molecule has 1 heteroatoms. The molecular formula is C18H19N. The van der Waals surface area contributed by atoms with E-state index >= 15 is 0 Å². The highest BCUT2D eigenvalue weighted by molar-refractivity contribution is 5.59. The first-order valence-electron chi connectivity index (χ1n) is 6.88. The van der Waals surface area contributed by atoms with Crippen LogP contribution in [0.5, 0.6) is 0 Å². The molecule has 1 N–H and O–H groups in total. The van der Waals surface area contributed by atoms with Gasteiger partial charge in [-0.05, 0) is 43.0 Å². The lowest BCUT2D eigenvalue weighted by Gasteiger charge is -2.07. The molecule has 1 nitrogen and oxygen atoms in total. The van der Waals surface area contributed by atoms with Gasteiger partial charge in [-0.15, -0.1) is 0 Å². The average molecular weight is 249 g/mol. The zero-order chi connectivity index (χ0) is 13.1. The molecule has 1 fully saturated rings. The van der Waals surface area contributed by atoms with Crippen LogP contribution < -0.4 is 5.32 Å². The lowest BCUT2D eigenvalue weighted by molar-refractivity contribution is 1.14. The highest BCUT2D eigenvalue weighted by Crippen LogP contribution is 2.30. The number of nitrogens with one attached hydrogen (secondary N) is 1. The summed E-state index contributed by atoms with van der Waals surface area (Å²) in [4.78, 5) is 0. The minimum Gasteiger partial charge on any atom is -0.381 e. The van der Waals surface area contributed by atoms with Gasteiger partial charge >= 0.3 is 0 Å². The molecule has 1 aliphatic rings. The minimum atomic E-state index is 0.876. The molecule has 3 rings (SSSR count). The van der Waals surface area contributed by atoms with Crippen LogP contribution >= 0.6 is 0 Å². The van der Waals surface area contributed by atoms with Gasteiger partial charge in [0.15, 0.2) is 0 Å². The van der Waals surface area contributed by atoms with Crippen molar-refractivity contribution in [1.82, 2.24) is 0 Å². The largest absolute Gasteiger partial charge is 0.381 e. The Morgan fingerprint density at radius 3 is 2.26 bits per heavy atom. The van der Waals surface area contributed by atoms with E-state index in [1.165, 1.54) is 35.2 Å². The van der Waals surface area contributed by atoms with E-state index in [1.807, 2.05) is 0 Å². The van der Waals surface area contributed by atoms with Crippen LogP contribution in [-0.2, 0) is 6.54 Å². The monoisotopic (exact) mass is 249 g/mol. The van der Waals surface area contributed by atoms with Crippen molar-refractivity contribution in [2.24, 2.45) is 0 Å². The molecule has 0 radical (unpaired) electrons. The van der Waals surface area contributed by atoms with E-state index in [0.29, 0.717) is 0 Å². The van der Waals surface area contributed by atoms with Crippen molar-refractivity contribution >= 4 is 11.8 Å². The summed E-state index contributed by atoms with van der Waals surface area (Å²) in [6.07, 6.45) is 4.87. The maximum absolute atomic E-state index is 3.46. The summed E-state index contributed by atoms with van der Waals surface area (Å²) in [5, 5.41) is 3.46. The molecule has 0 atom stereocenters. The molecular weight excluding hydrogens is 230 g/mol. The molecule has 1 saturated carbocycles. The van der Waals surface area contributed by atoms with Crippen molar-refractivity contribution < 1.29 is 0 Å². The van der Waals surface area contributed by atoms with E-state index in [2.05, 4.69) is 66.8 Å². The lowest BCUT2D eigenvalue weighted by atomic mass is 10.1. The van der Waals surface area contributed by atoms with Crippen LogP contribution in [0.3, 0.4) is 0 Å². The predicted molar refractivity (Wildman–Crippen MR) is 82.2 cm³/mol. The summed E-state index contributed by atoms with van der Waals surface area (Å²) in [5.41, 5.74) is 6.68. The molecule has 1 aliphatic carbocycles. The SMILES string of the molecule is Cc1ccc(CNc2ccc(C=C3CC3)cc2)cc1. The van der Waals surface area contributed by atoms with E-state index in [-0.39, 0.29) is 0 Å². The Morgan fingerprint density at radius 1 is 0.947 bits per heavy atom. The Balaban J connectivity index is 1.60. The highest BCUT2D eigenvalue weighted by Gasteiger charge is 2.09. The Hall–Kier alpha value is -2.02. The van der Waals surface area contributed by atoms with Crippen LogP contribution in [0.15, 0.2) is 54.1 Å². The molecule has 0 aliphatic heterocycles. The van der Waals surface area contributed by atoms with Gasteiger partial charge < -0.3 is 5.32 Å². The van der Waals surface area contributed by atoms with Crippen LogP contribution in [0.1, 0.15) is 29.5 Å². The summed E-state index contributed by atoms with van der Waals surface area (Å²) in [6.45, 7) is 2.99. The minimum absolute atomic E-state index is 0.876. The van der Waals surface area contributed by atoms with Crippen molar-refractivity contribution in [3.63, 3.8) is 0 Å². The van der Waals surface area contributed by atoms with E-state index < -0.39 is 0 Å². The molecule has 0 heterocycles. The summed E-state index contributed by atoms with van der Waals surface area (Å²) in [6, 6.07) is 17.3. The Bertz CT molecular complexity index is 570. The van der Waals surface area contributed by atoms with Crippen molar-refractivity contribution in [1.29, 1.82) is 0 Å². The normalized spacial score (nSPS) is 13.2. The molecule has 0 aromatic heterocycles. The van der Waals surface area contributed by atoms with Gasteiger partial charge in [0.2, 0.25) is 0 Å². The van der Waals surface area contributed by atoms with E-state index in [1.54, 1.807) is 5.57 Å². The van der Waals surface area contributed by atoms with Gasteiger partial charge in [0, 0.05) is 12.2 Å². The Labute approximate surface area is 115 Å². The van der Waals surface area contributed by atoms with E-state index in [0.717, 1.165) is 6.54 Å². The van der Waals surface area contributed by atoms with Crippen molar-refractivity contribution in [3.8, 4) is 0 Å². The molecule has 2 aromatic carbocycles. The standard InChI is InChI=1S/C18H19N/c1-14-2-4-17(5-3-14)13-19-18-10-8-16(9-11-18)12-15-6-7-15/h2-5,8-12,19H,6-7,13H2,1H3. The molecule has 0 amide bonds. The van der Waals surface area contributed by atoms with Crippen LogP contribution in [0.4, 0.5) is 5.69 Å². The molecule has 0 spiro atoms. The smallest absolute Gasteiger partial charge is 0.0400 e. The second-order valence-corrected chi connectivity index (χ2v) is 5.26. The van der Waals surface area contributed by atoms with E-state index in [9.17, 15) is 0 Å². The quantitative estimate of drug-likeness (QED) is 0.822. The fourth-order valence-electron chi connectivity index (χ4n) is 2.06. The summed E-state index contributed by atoms with van der Waals surface area (Å²) in [7, 11) is 0. The Morgan fingerprint density at radius 2 is 1.63 bits per heavy atom. The maximum Gasteiger partial charge on any atom is 0.0400 e. The zero-order valence-corrected chi connectivity index (χ0v) is 11.3. The average Bonchev–Trinajstić information content (AvgIpc) is 3.24. The van der Waals surface area contributed by atoms with Crippen molar-refractivity contribution in [3.05, 3.63) is 70.8 Å². The van der Waals surface area contributed by atoms with Crippen LogP contribution in [0.25, 0.3) is 6.08 Å². The van der Waals surface area contributed by atoms with Crippen LogP contribution in [0.2, 0.25) is 0 Å². The number of hydrogen-bond donors (Lipinski definition) is 1. The topological polar surface area (TPSA) is 12.0 Å². The van der Waals surface area contributed by atoms with Gasteiger partial charge in [-0.3, -0.25) is 0 Å². The number of rotatable bonds is 4. The number of allylic oxidation sites excluding steroid dienone is 1. The maximum atomic E-state index is 3.46. The summed E-state index contributed by atoms with van der Waals surface area (Å²) in [5.74, 6) is 0. The number of hydrogen-bond acceptors (Lipinski definition) is 1. The molecule has 0 saturated heterocycles. The highest BCUT2D eigenvalue weighted by atomic mass is 14.9. The van der Waals surface area contributed by atoms with E-state index in [4.69, 9.17) is 0 Å². The molecule has 0 bridgehead atoms. The number of aryl methyl sites for hydroxylation is 1. The molecule has 2 aromatic rings. The second-order valence-electron chi connectivity index (χ2n) is 5.26. The third kappa shape index (κ3) is 3.47. The van der Waals surface area contributed by atoms with Gasteiger partial charge in [0.1, 0.15) is 0 Å². The number of benzene rings is 2. The first kappa shape index (κ1) is 12.0. The zero-order valence-electron chi connectivity index (χ0n) is 11.3. The summed E-state index contributed by atoms with van der Waals surface area (Å²) < 4.78 is 0. The second kappa shape index (κ2) is 5.31. The molecule has 96 valence electrons. The van der Waals surface area contributed by atoms with Gasteiger partial charge in [-0.2, -0.15) is 0 Å². The molecule has 19 heavy (non-hydrogen) atoms. The van der Waals surface area contributed by atoms with Crippen molar-refractivity contribution in [2.75, 3.05) is 5.32 Å². The molecule has 0 unspecified atom stereocenters. The predicted octanol–water partition coefficient (Wildman–Crippen LogP) is 4.78. The van der Waals surface area contributed by atoms with Crippen LogP contribution in [0, 0.1) is 6.92 Å². The van der Waals surface area contributed by atoms with Gasteiger partial charge in [0.25, 0.3) is 0 Å². The Kier molecular flexibility index (Phi) is 3.37. The third-order valence-electron chi connectivity index (χ3n) is 3.44. The fourth-order valence-corrected chi connectivity index (χ4v) is 2.06. The van der Waals surface area contributed by atoms with Gasteiger partial charge in [0.05, 0.1) is 0 Å². The number of anilines is 1. The third-order valence-corrected chi connectivity index (χ3v) is 3.44. The van der Waals surface area contributed by atoms with Crippen molar-refractivity contribution in [2.45, 2.75) is 26.3 Å². The summed E-state index contributed by atoms with van der Waals surface area (Å²) >= 11 is 0. The first-order chi connectivity index (χ1) is 9.29. The van der Waals surface area contributed by atoms with Crippen LogP contribution in [-0.4, -0.2) is 0 Å². The fraction of sp³-hybridized carbons (Fsp3) is 0.222. The van der Waals surface area contributed by atoms with Gasteiger partial charge in [-0.1, -0.05) is 53.6 Å².